The van der Waals surface area contributed by atoms with Gasteiger partial charge in [0.25, 0.3) is 0 Å². The van der Waals surface area contributed by atoms with Gasteiger partial charge in [-0.05, 0) is 28.7 Å². The summed E-state index contributed by atoms with van der Waals surface area (Å²) in [5.74, 6) is 0.0706. The first-order chi connectivity index (χ1) is 15.0. The maximum absolute atomic E-state index is 13.6. The lowest BCUT2D eigenvalue weighted by molar-refractivity contribution is -0.124. The molecule has 1 N–H and O–H groups in total. The van der Waals surface area contributed by atoms with Crippen LogP contribution in [0.15, 0.2) is 96.7 Å². The minimum atomic E-state index is -0.230. The molecule has 0 saturated carbocycles. The third-order valence-electron chi connectivity index (χ3n) is 6.34. The topological polar surface area (TPSA) is 32.3 Å². The second-order valence-electron chi connectivity index (χ2n) is 9.32. The first kappa shape index (κ1) is 19.6. The van der Waals surface area contributed by atoms with Crippen LogP contribution in [0.5, 0.6) is 0 Å². The predicted molar refractivity (Wildman–Crippen MR) is 127 cm³/mol. The van der Waals surface area contributed by atoms with E-state index >= 15 is 0 Å². The Morgan fingerprint density at radius 2 is 1.55 bits per heavy atom. The van der Waals surface area contributed by atoms with Gasteiger partial charge in [-0.15, -0.1) is 0 Å². The van der Waals surface area contributed by atoms with Crippen molar-refractivity contribution in [2.75, 3.05) is 10.2 Å². The van der Waals surface area contributed by atoms with E-state index in [1.807, 2.05) is 12.1 Å². The van der Waals surface area contributed by atoms with Crippen LogP contribution >= 0.6 is 0 Å². The summed E-state index contributed by atoms with van der Waals surface area (Å²) in [6.07, 6.45) is 2.83. The molecule has 0 unspecified atom stereocenters. The lowest BCUT2D eigenvalue weighted by Gasteiger charge is -2.40. The zero-order chi connectivity index (χ0) is 21.4. The first-order valence-corrected chi connectivity index (χ1v) is 11.0. The van der Waals surface area contributed by atoms with Crippen molar-refractivity contribution in [2.45, 2.75) is 32.9 Å². The lowest BCUT2D eigenvalue weighted by atomic mass is 9.72. The summed E-state index contributed by atoms with van der Waals surface area (Å²) >= 11 is 0. The number of carbonyl (C=O) groups is 1. The van der Waals surface area contributed by atoms with E-state index in [0.717, 1.165) is 23.6 Å². The Labute approximate surface area is 184 Å². The number of fused-ring (bicyclic) bond motifs is 2. The van der Waals surface area contributed by atoms with Gasteiger partial charge in [-0.1, -0.05) is 92.7 Å². The van der Waals surface area contributed by atoms with E-state index in [9.17, 15) is 4.79 Å². The van der Waals surface area contributed by atoms with E-state index < -0.39 is 0 Å². The second kappa shape index (κ2) is 7.73. The van der Waals surface area contributed by atoms with Crippen LogP contribution in [-0.4, -0.2) is 5.78 Å². The number of rotatable bonds is 3. The molecule has 0 saturated heterocycles. The van der Waals surface area contributed by atoms with E-state index in [1.165, 1.54) is 11.1 Å². The van der Waals surface area contributed by atoms with Crippen LogP contribution in [0, 0.1) is 11.3 Å². The van der Waals surface area contributed by atoms with Gasteiger partial charge < -0.3 is 10.2 Å². The Hall–Kier alpha value is -3.33. The number of hydrogen-bond acceptors (Lipinski definition) is 3. The number of anilines is 2. The van der Waals surface area contributed by atoms with Crippen molar-refractivity contribution >= 4 is 17.2 Å². The zero-order valence-electron chi connectivity index (χ0n) is 18.1. The number of Topliss-reactive ketones (excluding diaryl/α,β-unsaturated/α-hetero) is 1. The lowest BCUT2D eigenvalue weighted by Crippen LogP contribution is -2.41. The zero-order valence-corrected chi connectivity index (χ0v) is 18.1. The number of ketones is 1. The number of hydrogen-bond donors (Lipinski definition) is 1. The van der Waals surface area contributed by atoms with Crippen molar-refractivity contribution in [1.82, 2.24) is 0 Å². The Kier molecular flexibility index (Phi) is 4.90. The van der Waals surface area contributed by atoms with Crippen LogP contribution in [0.25, 0.3) is 0 Å². The fourth-order valence-corrected chi connectivity index (χ4v) is 5.06. The van der Waals surface area contributed by atoms with Gasteiger partial charge in [0, 0.05) is 18.7 Å². The van der Waals surface area contributed by atoms with Crippen LogP contribution in [0.4, 0.5) is 11.4 Å². The SMILES string of the molecule is CC1(C)C=C2Nc3ccccc3N(Cc3ccccc3)[C@H](c3ccccc3)[C@H]2C(=O)C1. The maximum atomic E-state index is 13.6. The highest BCUT2D eigenvalue weighted by Gasteiger charge is 2.44. The maximum Gasteiger partial charge on any atom is 0.145 e. The van der Waals surface area contributed by atoms with Crippen LogP contribution < -0.4 is 10.2 Å². The van der Waals surface area contributed by atoms with Crippen molar-refractivity contribution in [3.8, 4) is 0 Å². The summed E-state index contributed by atoms with van der Waals surface area (Å²) in [4.78, 5) is 16.0. The molecule has 2 aliphatic rings. The standard InChI is InChI=1S/C28H28N2O/c1-28(2)17-23-26(25(31)18-28)27(21-13-7-4-8-14-21)30(19-20-11-5-3-6-12-20)24-16-10-9-15-22(24)29-23/h3-17,26-27,29H,18-19H2,1-2H3/t26-,27-/m1/s1. The van der Waals surface area contributed by atoms with Gasteiger partial charge in [0.2, 0.25) is 0 Å². The average molecular weight is 409 g/mol. The summed E-state index contributed by atoms with van der Waals surface area (Å²) < 4.78 is 0. The van der Waals surface area contributed by atoms with Gasteiger partial charge in [0.1, 0.15) is 5.78 Å². The molecule has 3 aromatic rings. The van der Waals surface area contributed by atoms with Gasteiger partial charge >= 0.3 is 0 Å². The van der Waals surface area contributed by atoms with E-state index in [0.29, 0.717) is 12.2 Å². The fourth-order valence-electron chi connectivity index (χ4n) is 5.06. The van der Waals surface area contributed by atoms with E-state index in [4.69, 9.17) is 0 Å². The Bertz CT molecular complexity index is 1120. The van der Waals surface area contributed by atoms with Gasteiger partial charge in [0.15, 0.2) is 0 Å². The summed E-state index contributed by atoms with van der Waals surface area (Å²) in [5.41, 5.74) is 5.45. The predicted octanol–water partition coefficient (Wildman–Crippen LogP) is 6.36. The summed E-state index contributed by atoms with van der Waals surface area (Å²) in [6, 6.07) is 29.3. The molecule has 3 nitrogen and oxygen atoms in total. The smallest absolute Gasteiger partial charge is 0.145 e. The number of para-hydroxylation sites is 2. The van der Waals surface area contributed by atoms with E-state index in [1.54, 1.807) is 0 Å². The molecule has 0 bridgehead atoms. The van der Waals surface area contributed by atoms with E-state index in [2.05, 4.69) is 103 Å². The molecule has 5 rings (SSSR count). The molecule has 0 radical (unpaired) electrons. The van der Waals surface area contributed by atoms with E-state index in [-0.39, 0.29) is 17.4 Å². The molecule has 156 valence electrons. The van der Waals surface area contributed by atoms with Crippen LogP contribution in [0.2, 0.25) is 0 Å². The molecule has 1 heterocycles. The largest absolute Gasteiger partial charge is 0.357 e. The number of benzene rings is 3. The molecular formula is C28H28N2O. The number of nitrogens with zero attached hydrogens (tertiary/aromatic N) is 1. The fraction of sp³-hybridized carbons (Fsp3) is 0.250. The molecule has 2 atom stereocenters. The summed E-state index contributed by atoms with van der Waals surface area (Å²) in [5, 5.41) is 3.66. The highest BCUT2D eigenvalue weighted by molar-refractivity contribution is 5.90. The molecule has 1 aliphatic carbocycles. The molecule has 0 fully saturated rings. The molecule has 0 amide bonds. The van der Waals surface area contributed by atoms with Gasteiger partial charge in [-0.25, -0.2) is 0 Å². The molecule has 0 spiro atoms. The van der Waals surface area contributed by atoms with Crippen LogP contribution in [-0.2, 0) is 11.3 Å². The van der Waals surface area contributed by atoms with Gasteiger partial charge in [-0.3, -0.25) is 4.79 Å². The third-order valence-corrected chi connectivity index (χ3v) is 6.34. The van der Waals surface area contributed by atoms with Crippen molar-refractivity contribution in [3.63, 3.8) is 0 Å². The minimum Gasteiger partial charge on any atom is -0.357 e. The summed E-state index contributed by atoms with van der Waals surface area (Å²) in [6.45, 7) is 5.03. The molecule has 3 aromatic carbocycles. The van der Waals surface area contributed by atoms with Crippen molar-refractivity contribution in [2.24, 2.45) is 11.3 Å². The average Bonchev–Trinajstić information content (AvgIpc) is 2.89. The monoisotopic (exact) mass is 408 g/mol. The molecule has 1 aliphatic heterocycles. The minimum absolute atomic E-state index is 0.0765. The molecule has 31 heavy (non-hydrogen) atoms. The van der Waals surface area contributed by atoms with Gasteiger partial charge in [-0.2, -0.15) is 0 Å². The first-order valence-electron chi connectivity index (χ1n) is 11.0. The van der Waals surface area contributed by atoms with Crippen LogP contribution in [0.1, 0.15) is 37.4 Å². The van der Waals surface area contributed by atoms with Crippen molar-refractivity contribution < 1.29 is 4.79 Å². The second-order valence-corrected chi connectivity index (χ2v) is 9.32. The number of allylic oxidation sites excluding steroid dienone is 1. The normalized spacial score (nSPS) is 21.9. The number of nitrogens with one attached hydrogen (secondary N) is 1. The Morgan fingerprint density at radius 1 is 0.903 bits per heavy atom. The third kappa shape index (κ3) is 3.76. The Morgan fingerprint density at radius 3 is 2.29 bits per heavy atom. The van der Waals surface area contributed by atoms with Gasteiger partial charge in [0.05, 0.1) is 23.3 Å². The molecule has 0 aromatic heterocycles. The summed E-state index contributed by atoms with van der Waals surface area (Å²) in [7, 11) is 0. The molecule has 3 heteroatoms. The Balaban J connectivity index is 1.73. The van der Waals surface area contributed by atoms with Crippen molar-refractivity contribution in [3.05, 3.63) is 108 Å². The highest BCUT2D eigenvalue weighted by Crippen LogP contribution is 2.48. The quantitative estimate of drug-likeness (QED) is 0.547. The highest BCUT2D eigenvalue weighted by atomic mass is 16.1. The van der Waals surface area contributed by atoms with Crippen LogP contribution in [0.3, 0.4) is 0 Å². The number of carbonyl (C=O) groups excluding carboxylic acids is 1. The van der Waals surface area contributed by atoms with Crippen molar-refractivity contribution in [1.29, 1.82) is 0 Å². The molecular weight excluding hydrogens is 380 g/mol.